The van der Waals surface area contributed by atoms with E-state index in [4.69, 9.17) is 4.74 Å². The molecule has 3 aliphatic rings. The monoisotopic (exact) mass is 372 g/mol. The van der Waals surface area contributed by atoms with Gasteiger partial charge < -0.3 is 19.4 Å². The second kappa shape index (κ2) is 8.05. The van der Waals surface area contributed by atoms with Gasteiger partial charge in [-0.3, -0.25) is 4.98 Å². The maximum absolute atomic E-state index is 13.0. The smallest absolute Gasteiger partial charge is 0.320 e. The van der Waals surface area contributed by atoms with Crippen LogP contribution in [0.15, 0.2) is 24.5 Å². The number of hydrogen-bond acceptors (Lipinski definition) is 4. The van der Waals surface area contributed by atoms with Crippen LogP contribution >= 0.6 is 0 Å². The minimum Gasteiger partial charge on any atom is -0.378 e. The van der Waals surface area contributed by atoms with Crippen LogP contribution < -0.4 is 4.90 Å². The molecule has 0 atom stereocenters. The zero-order valence-electron chi connectivity index (χ0n) is 16.5. The number of rotatable bonds is 3. The van der Waals surface area contributed by atoms with Crippen LogP contribution in [-0.2, 0) is 4.74 Å². The first-order chi connectivity index (χ1) is 13.2. The highest BCUT2D eigenvalue weighted by atomic mass is 16.5. The topological polar surface area (TPSA) is 48.9 Å². The molecule has 3 fully saturated rings. The van der Waals surface area contributed by atoms with E-state index >= 15 is 0 Å². The lowest BCUT2D eigenvalue weighted by Crippen LogP contribution is -2.48. The van der Waals surface area contributed by atoms with Crippen LogP contribution in [0, 0.1) is 5.41 Å². The Labute approximate surface area is 162 Å². The Morgan fingerprint density at radius 3 is 2.41 bits per heavy atom. The van der Waals surface area contributed by atoms with Gasteiger partial charge in [-0.05, 0) is 56.6 Å². The van der Waals surface area contributed by atoms with E-state index in [2.05, 4.69) is 26.9 Å². The van der Waals surface area contributed by atoms with Crippen LogP contribution in [0.25, 0.3) is 0 Å². The lowest BCUT2D eigenvalue weighted by molar-refractivity contribution is 0.0186. The highest BCUT2D eigenvalue weighted by Crippen LogP contribution is 2.41. The van der Waals surface area contributed by atoms with Crippen molar-refractivity contribution < 1.29 is 9.53 Å². The third-order valence-electron chi connectivity index (χ3n) is 6.68. The second-order valence-corrected chi connectivity index (χ2v) is 8.29. The molecule has 4 heterocycles. The third kappa shape index (κ3) is 4.05. The number of hydrogen-bond donors (Lipinski definition) is 0. The van der Waals surface area contributed by atoms with Crippen molar-refractivity contribution in [1.29, 1.82) is 0 Å². The van der Waals surface area contributed by atoms with Gasteiger partial charge in [0.1, 0.15) is 0 Å². The molecule has 6 heteroatoms. The van der Waals surface area contributed by atoms with Gasteiger partial charge in [-0.1, -0.05) is 0 Å². The number of piperidine rings is 2. The largest absolute Gasteiger partial charge is 0.378 e. The van der Waals surface area contributed by atoms with Crippen molar-refractivity contribution in [1.82, 2.24) is 14.8 Å². The molecule has 1 aromatic heterocycles. The molecule has 27 heavy (non-hydrogen) atoms. The van der Waals surface area contributed by atoms with Crippen molar-refractivity contribution in [2.75, 3.05) is 50.8 Å². The number of likely N-dealkylation sites (tertiary alicyclic amines) is 2. The predicted molar refractivity (Wildman–Crippen MR) is 106 cm³/mol. The highest BCUT2D eigenvalue weighted by Gasteiger charge is 2.43. The number of urea groups is 1. The number of nitrogens with zero attached hydrogens (tertiary/aromatic N) is 4. The Balaban J connectivity index is 1.28. The fourth-order valence-corrected chi connectivity index (χ4v) is 4.95. The molecule has 0 unspecified atom stereocenters. The molecular formula is C21H32N4O2. The predicted octanol–water partition coefficient (Wildman–Crippen LogP) is 2.99. The summed E-state index contributed by atoms with van der Waals surface area (Å²) >= 11 is 0. The molecule has 0 aromatic carbocycles. The summed E-state index contributed by atoms with van der Waals surface area (Å²) in [6.07, 6.45) is 9.50. The van der Waals surface area contributed by atoms with Crippen molar-refractivity contribution >= 4 is 11.7 Å². The molecular weight excluding hydrogens is 340 g/mol. The van der Waals surface area contributed by atoms with Crippen LogP contribution in [0.2, 0.25) is 0 Å². The summed E-state index contributed by atoms with van der Waals surface area (Å²) in [6, 6.07) is 4.43. The molecule has 0 aliphatic carbocycles. The lowest BCUT2D eigenvalue weighted by atomic mass is 9.77. The Bertz CT molecular complexity index is 622. The molecule has 148 valence electrons. The number of ether oxygens (including phenoxy) is 1. The quantitative estimate of drug-likeness (QED) is 0.818. The number of carbonyl (C=O) groups is 1. The van der Waals surface area contributed by atoms with E-state index in [-0.39, 0.29) is 6.03 Å². The first-order valence-corrected chi connectivity index (χ1v) is 10.5. The molecule has 0 bridgehead atoms. The van der Waals surface area contributed by atoms with E-state index in [1.54, 1.807) is 0 Å². The van der Waals surface area contributed by atoms with E-state index in [0.717, 1.165) is 65.1 Å². The molecule has 1 spiro atoms. The zero-order chi connectivity index (χ0) is 18.7. The summed E-state index contributed by atoms with van der Waals surface area (Å²) in [5.41, 5.74) is 1.59. The molecule has 6 nitrogen and oxygen atoms in total. The minimum atomic E-state index is 0.249. The average Bonchev–Trinajstić information content (AvgIpc) is 3.13. The van der Waals surface area contributed by atoms with Crippen molar-refractivity contribution in [3.05, 3.63) is 24.5 Å². The number of anilines is 1. The maximum atomic E-state index is 13.0. The fraction of sp³-hybridized carbons (Fsp3) is 0.714. The standard InChI is InChI=1S/C21H32N4O2/c1-2-27-19-5-12-24(13-6-19)20(26)25-16-9-21(17-25)7-14-23(15-8-21)18-3-10-22-11-4-18/h3-4,10-11,19H,2,5-9,12-17H2,1H3. The van der Waals surface area contributed by atoms with Crippen molar-refractivity contribution in [3.63, 3.8) is 0 Å². The number of carbonyl (C=O) groups excluding carboxylic acids is 1. The van der Waals surface area contributed by atoms with Crippen molar-refractivity contribution in [3.8, 4) is 0 Å². The van der Waals surface area contributed by atoms with E-state index < -0.39 is 0 Å². The molecule has 0 N–H and O–H groups in total. The van der Waals surface area contributed by atoms with Gasteiger partial charge in [0.25, 0.3) is 0 Å². The van der Waals surface area contributed by atoms with Gasteiger partial charge in [-0.2, -0.15) is 0 Å². The highest BCUT2D eigenvalue weighted by molar-refractivity contribution is 5.75. The molecule has 2 amide bonds. The summed E-state index contributed by atoms with van der Waals surface area (Å²) in [5, 5.41) is 0. The Hall–Kier alpha value is -1.82. The maximum Gasteiger partial charge on any atom is 0.320 e. The van der Waals surface area contributed by atoms with Crippen LogP contribution in [0.4, 0.5) is 10.5 Å². The molecule has 1 aromatic rings. The van der Waals surface area contributed by atoms with Crippen molar-refractivity contribution in [2.24, 2.45) is 5.41 Å². The van der Waals surface area contributed by atoms with E-state index in [1.807, 2.05) is 24.2 Å². The minimum absolute atomic E-state index is 0.249. The molecule has 3 saturated heterocycles. The zero-order valence-corrected chi connectivity index (χ0v) is 16.5. The van der Waals surface area contributed by atoms with Gasteiger partial charge in [-0.15, -0.1) is 0 Å². The normalized spacial score (nSPS) is 23.2. The van der Waals surface area contributed by atoms with Crippen LogP contribution in [0.1, 0.15) is 39.0 Å². The SMILES string of the molecule is CCOC1CCN(C(=O)N2CCC3(CCN(c4ccncc4)CC3)C2)CC1. The summed E-state index contributed by atoms with van der Waals surface area (Å²) < 4.78 is 5.71. The fourth-order valence-electron chi connectivity index (χ4n) is 4.95. The molecule has 3 aliphatic heterocycles. The third-order valence-corrected chi connectivity index (χ3v) is 6.68. The average molecular weight is 373 g/mol. The van der Waals surface area contributed by atoms with Gasteiger partial charge in [0.05, 0.1) is 6.10 Å². The van der Waals surface area contributed by atoms with Gasteiger partial charge in [0.15, 0.2) is 0 Å². The van der Waals surface area contributed by atoms with Gasteiger partial charge in [0, 0.05) is 64.0 Å². The van der Waals surface area contributed by atoms with Crippen LogP contribution in [-0.4, -0.2) is 72.8 Å². The summed E-state index contributed by atoms with van der Waals surface area (Å²) in [4.78, 5) is 23.7. The molecule has 0 saturated carbocycles. The first kappa shape index (κ1) is 18.5. The van der Waals surface area contributed by atoms with E-state index in [0.29, 0.717) is 11.5 Å². The summed E-state index contributed by atoms with van der Waals surface area (Å²) in [5.74, 6) is 0. The van der Waals surface area contributed by atoms with E-state index in [9.17, 15) is 4.79 Å². The van der Waals surface area contributed by atoms with Crippen LogP contribution in [0.5, 0.6) is 0 Å². The van der Waals surface area contributed by atoms with Crippen LogP contribution in [0.3, 0.4) is 0 Å². The second-order valence-electron chi connectivity index (χ2n) is 8.29. The Kier molecular flexibility index (Phi) is 5.53. The van der Waals surface area contributed by atoms with Gasteiger partial charge in [-0.25, -0.2) is 4.79 Å². The summed E-state index contributed by atoms with van der Waals surface area (Å²) in [7, 11) is 0. The van der Waals surface area contributed by atoms with Crippen molar-refractivity contribution in [2.45, 2.75) is 45.1 Å². The van der Waals surface area contributed by atoms with Gasteiger partial charge in [0.2, 0.25) is 0 Å². The number of amides is 2. The van der Waals surface area contributed by atoms with E-state index in [1.165, 1.54) is 18.5 Å². The number of pyridine rings is 1. The molecule has 4 rings (SSSR count). The summed E-state index contributed by atoms with van der Waals surface area (Å²) in [6.45, 7) is 8.48. The first-order valence-electron chi connectivity index (χ1n) is 10.5. The molecule has 0 radical (unpaired) electrons. The lowest BCUT2D eigenvalue weighted by Gasteiger charge is -2.40. The van der Waals surface area contributed by atoms with Gasteiger partial charge >= 0.3 is 6.03 Å². The number of aromatic nitrogens is 1. The Morgan fingerprint density at radius 2 is 1.74 bits per heavy atom. The Morgan fingerprint density at radius 1 is 1.07 bits per heavy atom.